The molecule has 2 fully saturated rings. The average Bonchev–Trinajstić information content (AvgIpc) is 2.69. The van der Waals surface area contributed by atoms with E-state index in [0.29, 0.717) is 5.56 Å². The molecule has 10 heteroatoms. The van der Waals surface area contributed by atoms with Gasteiger partial charge in [0.05, 0.1) is 11.8 Å². The van der Waals surface area contributed by atoms with Crippen molar-refractivity contribution in [3.05, 3.63) is 32.6 Å². The summed E-state index contributed by atoms with van der Waals surface area (Å²) in [5, 5.41) is 10.6. The van der Waals surface area contributed by atoms with E-state index in [0.717, 1.165) is 8.87 Å². The maximum atomic E-state index is 12.3. The summed E-state index contributed by atoms with van der Waals surface area (Å²) in [7, 11) is -2.26. The van der Waals surface area contributed by atoms with E-state index in [1.54, 1.807) is 6.92 Å². The molecule has 2 aliphatic rings. The molecule has 0 amide bonds. The number of sulfonamides is 1. The van der Waals surface area contributed by atoms with Gasteiger partial charge in [0.25, 0.3) is 5.56 Å². The van der Waals surface area contributed by atoms with E-state index in [4.69, 9.17) is 4.74 Å². The summed E-state index contributed by atoms with van der Waals surface area (Å²) in [5.41, 5.74) is -2.19. The Morgan fingerprint density at radius 1 is 1.48 bits per heavy atom. The monoisotopic (exact) mass is 345 g/mol. The summed E-state index contributed by atoms with van der Waals surface area (Å²) in [4.78, 5) is 25.8. The molecule has 23 heavy (non-hydrogen) atoms. The van der Waals surface area contributed by atoms with Crippen LogP contribution in [0.2, 0.25) is 0 Å². The third-order valence-corrected chi connectivity index (χ3v) is 6.79. The van der Waals surface area contributed by atoms with E-state index in [2.05, 4.69) is 4.98 Å². The van der Waals surface area contributed by atoms with Crippen LogP contribution >= 0.6 is 0 Å². The van der Waals surface area contributed by atoms with E-state index in [1.165, 1.54) is 20.2 Å². The van der Waals surface area contributed by atoms with Crippen LogP contribution in [0, 0.1) is 6.92 Å². The highest BCUT2D eigenvalue weighted by atomic mass is 32.2. The molecule has 0 saturated carbocycles. The maximum Gasteiger partial charge on any atom is 0.330 e. The van der Waals surface area contributed by atoms with Crippen LogP contribution < -0.4 is 11.2 Å². The molecular formula is C13H19N3O6S. The third-order valence-electron chi connectivity index (χ3n) is 4.81. The second-order valence-electron chi connectivity index (χ2n) is 6.11. The fraction of sp³-hybridized carbons (Fsp3) is 0.692. The third kappa shape index (κ3) is 2.20. The maximum absolute atomic E-state index is 12.3. The number of aliphatic hydroxyl groups excluding tert-OH is 1. The van der Waals surface area contributed by atoms with E-state index >= 15 is 0 Å². The molecular weight excluding hydrogens is 326 g/mol. The van der Waals surface area contributed by atoms with Gasteiger partial charge in [-0.3, -0.25) is 14.3 Å². The van der Waals surface area contributed by atoms with Gasteiger partial charge in [0.15, 0.2) is 6.23 Å². The zero-order chi connectivity index (χ0) is 17.2. The zero-order valence-electron chi connectivity index (χ0n) is 13.0. The first-order valence-corrected chi connectivity index (χ1v) is 8.87. The van der Waals surface area contributed by atoms with Crippen molar-refractivity contribution in [2.24, 2.45) is 0 Å². The molecule has 1 unspecified atom stereocenters. The summed E-state index contributed by atoms with van der Waals surface area (Å²) in [6.45, 7) is 3.26. The predicted molar refractivity (Wildman–Crippen MR) is 80.5 cm³/mol. The Hall–Kier alpha value is -1.49. The van der Waals surface area contributed by atoms with Crippen molar-refractivity contribution in [3.63, 3.8) is 0 Å². The topological polar surface area (TPSA) is 122 Å². The van der Waals surface area contributed by atoms with Gasteiger partial charge >= 0.3 is 5.69 Å². The van der Waals surface area contributed by atoms with Gasteiger partial charge in [0, 0.05) is 18.8 Å². The minimum Gasteiger partial charge on any atom is -0.388 e. The van der Waals surface area contributed by atoms with E-state index in [-0.39, 0.29) is 12.2 Å². The number of ether oxygens (including phenoxy) is 1. The normalized spacial score (nSPS) is 36.3. The van der Waals surface area contributed by atoms with Crippen molar-refractivity contribution in [2.75, 3.05) is 12.8 Å². The molecule has 1 aromatic heterocycles. The number of fused-ring (bicyclic) bond motifs is 2. The van der Waals surface area contributed by atoms with Crippen LogP contribution in [0.4, 0.5) is 0 Å². The van der Waals surface area contributed by atoms with Gasteiger partial charge in [0.2, 0.25) is 10.0 Å². The minimum absolute atomic E-state index is 0.283. The Morgan fingerprint density at radius 3 is 2.74 bits per heavy atom. The number of likely N-dealkylation sites (N-methyl/N-ethyl adjacent to an activating group) is 1. The molecule has 2 aliphatic heterocycles. The van der Waals surface area contributed by atoms with Crippen molar-refractivity contribution < 1.29 is 18.3 Å². The first-order chi connectivity index (χ1) is 10.6. The summed E-state index contributed by atoms with van der Waals surface area (Å²) in [6, 6.07) is -0.934. The number of aromatic amines is 1. The van der Waals surface area contributed by atoms with Crippen LogP contribution in [0.1, 0.15) is 25.1 Å². The van der Waals surface area contributed by atoms with Gasteiger partial charge in [-0.25, -0.2) is 13.2 Å². The molecule has 2 saturated heterocycles. The fourth-order valence-corrected chi connectivity index (χ4v) is 5.19. The summed E-state index contributed by atoms with van der Waals surface area (Å²) >= 11 is 0. The highest BCUT2D eigenvalue weighted by Crippen LogP contribution is 2.46. The van der Waals surface area contributed by atoms with E-state index < -0.39 is 45.2 Å². The van der Waals surface area contributed by atoms with Gasteiger partial charge in [-0.1, -0.05) is 6.92 Å². The lowest BCUT2D eigenvalue weighted by atomic mass is 9.93. The Morgan fingerprint density at radius 2 is 2.13 bits per heavy atom. The van der Waals surface area contributed by atoms with Crippen molar-refractivity contribution in [1.82, 2.24) is 13.9 Å². The van der Waals surface area contributed by atoms with Crippen LogP contribution in [-0.4, -0.2) is 57.9 Å². The highest BCUT2D eigenvalue weighted by Gasteiger charge is 2.63. The number of nitrogens with zero attached hydrogens (tertiary/aromatic N) is 2. The van der Waals surface area contributed by atoms with Gasteiger partial charge in [-0.2, -0.15) is 4.31 Å². The lowest BCUT2D eigenvalue weighted by molar-refractivity contribution is -0.0905. The largest absolute Gasteiger partial charge is 0.388 e. The number of aryl methyl sites for hydroxylation is 1. The Kier molecular flexibility index (Phi) is 3.56. The van der Waals surface area contributed by atoms with Crippen LogP contribution in [0.3, 0.4) is 0 Å². The number of hydrogen-bond donors (Lipinski definition) is 2. The van der Waals surface area contributed by atoms with Crippen molar-refractivity contribution in [1.29, 1.82) is 0 Å². The van der Waals surface area contributed by atoms with Gasteiger partial charge < -0.3 is 9.84 Å². The molecule has 1 aromatic rings. The molecule has 0 aliphatic carbocycles. The number of nitrogens with one attached hydrogen (secondary N) is 1. The van der Waals surface area contributed by atoms with Crippen LogP contribution in [0.15, 0.2) is 15.8 Å². The molecule has 0 spiro atoms. The van der Waals surface area contributed by atoms with Crippen molar-refractivity contribution in [3.8, 4) is 0 Å². The minimum atomic E-state index is -3.61. The Balaban J connectivity index is 2.18. The second kappa shape index (κ2) is 5.00. The molecule has 0 aromatic carbocycles. The first-order valence-electron chi connectivity index (χ1n) is 7.26. The SMILES string of the molecule is CC[C@@]12CS(=O)(=O)N(C)[C@@H](C1O)[C@H](n1cc(C)c(=O)[nH]c1=O)O2. The van der Waals surface area contributed by atoms with Gasteiger partial charge in [0.1, 0.15) is 11.7 Å². The molecule has 4 atom stereocenters. The summed E-state index contributed by atoms with van der Waals surface area (Å²) in [6.07, 6.45) is -0.463. The van der Waals surface area contributed by atoms with E-state index in [1.807, 2.05) is 0 Å². The molecule has 3 heterocycles. The van der Waals surface area contributed by atoms with Crippen LogP contribution in [0.25, 0.3) is 0 Å². The quantitative estimate of drug-likeness (QED) is 0.675. The number of rotatable bonds is 2. The molecule has 0 radical (unpaired) electrons. The summed E-state index contributed by atoms with van der Waals surface area (Å²) in [5.74, 6) is -0.349. The Bertz CT molecular complexity index is 859. The zero-order valence-corrected chi connectivity index (χ0v) is 13.8. The van der Waals surface area contributed by atoms with Gasteiger partial charge in [-0.05, 0) is 13.3 Å². The number of aliphatic hydroxyl groups is 1. The molecule has 3 rings (SSSR count). The molecule has 2 N–H and O–H groups in total. The Labute approximate surface area is 132 Å². The molecule has 2 bridgehead atoms. The average molecular weight is 345 g/mol. The number of hydrogen-bond acceptors (Lipinski definition) is 6. The highest BCUT2D eigenvalue weighted by molar-refractivity contribution is 7.89. The van der Waals surface area contributed by atoms with E-state index in [9.17, 15) is 23.1 Å². The number of H-pyrrole nitrogens is 1. The predicted octanol–water partition coefficient (Wildman–Crippen LogP) is -1.47. The number of aromatic nitrogens is 2. The van der Waals surface area contributed by atoms with Gasteiger partial charge in [-0.15, -0.1) is 0 Å². The van der Waals surface area contributed by atoms with Crippen LogP contribution in [-0.2, 0) is 14.8 Å². The fourth-order valence-electron chi connectivity index (χ4n) is 3.33. The van der Waals surface area contributed by atoms with Crippen molar-refractivity contribution in [2.45, 2.75) is 44.2 Å². The lowest BCUT2D eigenvalue weighted by Gasteiger charge is -2.38. The molecule has 128 valence electrons. The van der Waals surface area contributed by atoms with Crippen molar-refractivity contribution >= 4 is 10.0 Å². The summed E-state index contributed by atoms with van der Waals surface area (Å²) < 4.78 is 32.7. The lowest BCUT2D eigenvalue weighted by Crippen LogP contribution is -2.60. The first kappa shape index (κ1) is 16.4. The smallest absolute Gasteiger partial charge is 0.330 e. The standard InChI is InChI=1S/C13H19N3O6S/c1-4-13-6-23(20,21)15(3)8(9(13)17)11(22-13)16-5-7(2)10(18)14-12(16)19/h5,8-9,11,17H,4,6H2,1-3H3,(H,14,18,19)/t8-,9?,11+,13+/m0/s1. The second-order valence-corrected chi connectivity index (χ2v) is 8.14. The molecule has 9 nitrogen and oxygen atoms in total. The van der Waals surface area contributed by atoms with Crippen LogP contribution in [0.5, 0.6) is 0 Å².